The lowest BCUT2D eigenvalue weighted by Crippen LogP contribution is -2.38. The summed E-state index contributed by atoms with van der Waals surface area (Å²) in [5.74, 6) is 0.0272. The van der Waals surface area contributed by atoms with Crippen LogP contribution in [-0.2, 0) is 12.6 Å². The minimum Gasteiger partial charge on any atom is -0.388 e. The Kier molecular flexibility index (Phi) is 5.68. The van der Waals surface area contributed by atoms with Crippen LogP contribution in [0, 0.1) is 8.99 Å². The van der Waals surface area contributed by atoms with Crippen LogP contribution in [0.4, 0.5) is 13.2 Å². The largest absolute Gasteiger partial charge is 0.416 e. The number of fused-ring (bicyclic) bond motifs is 1. The van der Waals surface area contributed by atoms with Crippen LogP contribution in [0.1, 0.15) is 91.3 Å². The molecule has 0 amide bonds. The second-order valence-electron chi connectivity index (χ2n) is 9.01. The van der Waals surface area contributed by atoms with Crippen molar-refractivity contribution in [3.8, 4) is 0 Å². The molecule has 2 atom stereocenters. The topological polar surface area (TPSA) is 53.4 Å². The van der Waals surface area contributed by atoms with Crippen LogP contribution in [0.5, 0.6) is 0 Å². The van der Waals surface area contributed by atoms with Crippen LogP contribution in [0.3, 0.4) is 0 Å². The molecule has 0 radical (unpaired) electrons. The molecule has 0 saturated heterocycles. The van der Waals surface area contributed by atoms with Gasteiger partial charge < -0.3 is 10.2 Å². The molecule has 4 rings (SSSR count). The summed E-state index contributed by atoms with van der Waals surface area (Å²) in [5, 5.41) is 22.1. The average molecular weight is 531 g/mol. The second-order valence-corrected chi connectivity index (χ2v) is 10.1. The fraction of sp³-hybridized carbons (Fsp3) is 0.522. The highest BCUT2D eigenvalue weighted by atomic mass is 127. The predicted molar refractivity (Wildman–Crippen MR) is 116 cm³/mol. The molecule has 0 aliphatic heterocycles. The Bertz CT molecular complexity index is 952. The lowest BCUT2D eigenvalue weighted by atomic mass is 9.59. The van der Waals surface area contributed by atoms with Gasteiger partial charge in [0.1, 0.15) is 6.10 Å². The highest BCUT2D eigenvalue weighted by molar-refractivity contribution is 14.1. The SMILES string of the molecule is CC(C)c1nc2c(c(I)c1[C@@H](O)c1ccc(C(F)(F)F)cc1)C(O)CC1(CCC1)C2. The predicted octanol–water partition coefficient (Wildman–Crippen LogP) is 6.06. The number of halogens is 4. The molecule has 1 saturated carbocycles. The number of rotatable bonds is 3. The van der Waals surface area contributed by atoms with Gasteiger partial charge in [-0.1, -0.05) is 32.4 Å². The first-order valence-corrected chi connectivity index (χ1v) is 11.4. The van der Waals surface area contributed by atoms with E-state index < -0.39 is 23.9 Å². The zero-order chi connectivity index (χ0) is 21.8. The van der Waals surface area contributed by atoms with Gasteiger partial charge in [-0.05, 0) is 77.3 Å². The van der Waals surface area contributed by atoms with Gasteiger partial charge in [0.05, 0.1) is 17.4 Å². The van der Waals surface area contributed by atoms with Gasteiger partial charge in [-0.2, -0.15) is 13.2 Å². The van der Waals surface area contributed by atoms with Gasteiger partial charge in [-0.15, -0.1) is 0 Å². The summed E-state index contributed by atoms with van der Waals surface area (Å²) in [6.45, 7) is 3.98. The molecule has 1 aromatic heterocycles. The summed E-state index contributed by atoms with van der Waals surface area (Å²) in [5.41, 5.74) is 2.79. The molecular formula is C23H25F3INO2. The Balaban J connectivity index is 1.78. The van der Waals surface area contributed by atoms with E-state index in [-0.39, 0.29) is 11.3 Å². The maximum absolute atomic E-state index is 12.9. The first-order chi connectivity index (χ1) is 14.0. The van der Waals surface area contributed by atoms with E-state index in [2.05, 4.69) is 22.6 Å². The van der Waals surface area contributed by atoms with Crippen molar-refractivity contribution in [3.05, 3.63) is 61.5 Å². The van der Waals surface area contributed by atoms with E-state index >= 15 is 0 Å². The molecule has 30 heavy (non-hydrogen) atoms. The van der Waals surface area contributed by atoms with Gasteiger partial charge in [0.2, 0.25) is 0 Å². The van der Waals surface area contributed by atoms with Crippen LogP contribution in [-0.4, -0.2) is 15.2 Å². The smallest absolute Gasteiger partial charge is 0.388 e. The van der Waals surface area contributed by atoms with E-state index in [0.29, 0.717) is 17.5 Å². The number of nitrogens with zero attached hydrogens (tertiary/aromatic N) is 1. The molecule has 3 nitrogen and oxygen atoms in total. The summed E-state index contributed by atoms with van der Waals surface area (Å²) in [6.07, 6.45) is -1.23. The Morgan fingerprint density at radius 2 is 1.80 bits per heavy atom. The summed E-state index contributed by atoms with van der Waals surface area (Å²) >= 11 is 2.16. The average Bonchev–Trinajstić information content (AvgIpc) is 2.64. The van der Waals surface area contributed by atoms with Gasteiger partial charge in [-0.25, -0.2) is 0 Å². The maximum Gasteiger partial charge on any atom is 0.416 e. The molecule has 7 heteroatoms. The number of aliphatic hydroxyl groups is 2. The van der Waals surface area contributed by atoms with Crippen molar-refractivity contribution in [1.82, 2.24) is 4.98 Å². The number of aliphatic hydroxyl groups excluding tert-OH is 2. The van der Waals surface area contributed by atoms with E-state index in [9.17, 15) is 23.4 Å². The van der Waals surface area contributed by atoms with E-state index in [1.807, 2.05) is 13.8 Å². The van der Waals surface area contributed by atoms with Crippen LogP contribution in [0.25, 0.3) is 0 Å². The Morgan fingerprint density at radius 1 is 1.17 bits per heavy atom. The second kappa shape index (κ2) is 7.74. The zero-order valence-corrected chi connectivity index (χ0v) is 19.1. The minimum atomic E-state index is -4.42. The van der Waals surface area contributed by atoms with E-state index in [0.717, 1.165) is 51.9 Å². The van der Waals surface area contributed by atoms with Gasteiger partial charge in [0, 0.05) is 20.4 Å². The van der Waals surface area contributed by atoms with Crippen molar-refractivity contribution in [2.75, 3.05) is 0 Å². The highest BCUT2D eigenvalue weighted by Crippen LogP contribution is 2.54. The third-order valence-corrected chi connectivity index (χ3v) is 7.77. The standard InChI is InChI=1S/C23H25F3INO2/c1-12(2)20-18(21(30)13-4-6-14(7-5-13)23(24,25)26)19(27)17-15(28-20)10-22(8-3-9-22)11-16(17)29/h4-7,12,16,21,29-30H,3,8-11H2,1-2H3/t16?,21-/m0/s1. The van der Waals surface area contributed by atoms with Gasteiger partial charge in [0.25, 0.3) is 0 Å². The van der Waals surface area contributed by atoms with Crippen molar-refractivity contribution < 1.29 is 23.4 Å². The summed E-state index contributed by atoms with van der Waals surface area (Å²) in [4.78, 5) is 4.90. The molecule has 2 aliphatic carbocycles. The number of benzene rings is 1. The molecule has 1 heterocycles. The van der Waals surface area contributed by atoms with Crippen LogP contribution >= 0.6 is 22.6 Å². The number of pyridine rings is 1. The van der Waals surface area contributed by atoms with Crippen molar-refractivity contribution in [2.24, 2.45) is 5.41 Å². The Labute approximate surface area is 187 Å². The molecule has 2 N–H and O–H groups in total. The molecule has 1 aromatic carbocycles. The molecule has 162 valence electrons. The van der Waals surface area contributed by atoms with Gasteiger partial charge >= 0.3 is 6.18 Å². The van der Waals surface area contributed by atoms with Crippen LogP contribution < -0.4 is 0 Å². The van der Waals surface area contributed by atoms with E-state index in [1.54, 1.807) is 0 Å². The quantitative estimate of drug-likeness (QED) is 0.474. The minimum absolute atomic E-state index is 0.0272. The lowest BCUT2D eigenvalue weighted by molar-refractivity contribution is -0.137. The number of aromatic nitrogens is 1. The molecule has 1 fully saturated rings. The summed E-state index contributed by atoms with van der Waals surface area (Å²) in [7, 11) is 0. The Hall–Kier alpha value is -1.19. The van der Waals surface area contributed by atoms with Crippen molar-refractivity contribution in [3.63, 3.8) is 0 Å². The number of alkyl halides is 3. The number of hydrogen-bond acceptors (Lipinski definition) is 3. The molecular weight excluding hydrogens is 506 g/mol. The van der Waals surface area contributed by atoms with Crippen molar-refractivity contribution >= 4 is 22.6 Å². The normalized spacial score (nSPS) is 21.4. The maximum atomic E-state index is 12.9. The molecule has 1 spiro atoms. The molecule has 1 unspecified atom stereocenters. The fourth-order valence-electron chi connectivity index (χ4n) is 4.84. The van der Waals surface area contributed by atoms with Crippen LogP contribution in [0.2, 0.25) is 0 Å². The van der Waals surface area contributed by atoms with E-state index in [1.165, 1.54) is 18.6 Å². The third kappa shape index (κ3) is 3.77. The highest BCUT2D eigenvalue weighted by Gasteiger charge is 2.45. The molecule has 2 aliphatic rings. The molecule has 0 bridgehead atoms. The number of hydrogen-bond donors (Lipinski definition) is 2. The first kappa shape index (κ1) is 22.0. The van der Waals surface area contributed by atoms with Gasteiger partial charge in [0.15, 0.2) is 0 Å². The Morgan fingerprint density at radius 3 is 2.30 bits per heavy atom. The fourth-order valence-corrected chi connectivity index (χ4v) is 6.08. The van der Waals surface area contributed by atoms with Crippen molar-refractivity contribution in [1.29, 1.82) is 0 Å². The van der Waals surface area contributed by atoms with Gasteiger partial charge in [-0.3, -0.25) is 4.98 Å². The zero-order valence-electron chi connectivity index (χ0n) is 16.9. The third-order valence-electron chi connectivity index (χ3n) is 6.61. The van der Waals surface area contributed by atoms with E-state index in [4.69, 9.17) is 4.98 Å². The lowest BCUT2D eigenvalue weighted by Gasteiger charge is -2.47. The first-order valence-electron chi connectivity index (χ1n) is 10.3. The monoisotopic (exact) mass is 531 g/mol. The van der Waals surface area contributed by atoms with Crippen molar-refractivity contribution in [2.45, 2.75) is 70.3 Å². The molecule has 2 aromatic rings. The summed E-state index contributed by atoms with van der Waals surface area (Å²) < 4.78 is 39.5. The summed E-state index contributed by atoms with van der Waals surface area (Å²) in [6, 6.07) is 4.60. The van der Waals surface area contributed by atoms with Crippen LogP contribution in [0.15, 0.2) is 24.3 Å².